The molecule has 1 aromatic carbocycles. The summed E-state index contributed by atoms with van der Waals surface area (Å²) in [6.45, 7) is 2.37. The van der Waals surface area contributed by atoms with Crippen LogP contribution in [0.3, 0.4) is 0 Å². The maximum absolute atomic E-state index is 13.2. The summed E-state index contributed by atoms with van der Waals surface area (Å²) in [4.78, 5) is 13.8. The number of carbonyl (C=O) groups excluding carboxylic acids is 1. The average molecular weight is 326 g/mol. The van der Waals surface area contributed by atoms with Crippen molar-refractivity contribution in [3.05, 3.63) is 29.6 Å². The summed E-state index contributed by atoms with van der Waals surface area (Å²) in [5, 5.41) is 0. The number of carbonyl (C=O) groups is 1. The molecule has 1 N–H and O–H groups in total. The molecule has 2 aliphatic rings. The number of rotatable bonds is 5. The summed E-state index contributed by atoms with van der Waals surface area (Å²) in [5.41, 5.74) is 0.291. The molecule has 5 nitrogen and oxygen atoms in total. The van der Waals surface area contributed by atoms with Gasteiger partial charge in [0.25, 0.3) is 0 Å². The van der Waals surface area contributed by atoms with Crippen molar-refractivity contribution >= 4 is 15.9 Å². The van der Waals surface area contributed by atoms with Crippen molar-refractivity contribution in [2.45, 2.75) is 37.1 Å². The molecule has 1 aromatic rings. The molecule has 1 heterocycles. The number of hydrogen-bond donors (Lipinski definition) is 1. The van der Waals surface area contributed by atoms with Gasteiger partial charge in [-0.2, -0.15) is 0 Å². The zero-order chi connectivity index (χ0) is 15.9. The van der Waals surface area contributed by atoms with Gasteiger partial charge in [0.05, 0.1) is 4.90 Å². The van der Waals surface area contributed by atoms with Gasteiger partial charge >= 0.3 is 0 Å². The highest BCUT2D eigenvalue weighted by atomic mass is 32.2. The quantitative estimate of drug-likeness (QED) is 0.890. The first-order valence-electron chi connectivity index (χ1n) is 7.42. The van der Waals surface area contributed by atoms with Crippen molar-refractivity contribution in [2.75, 3.05) is 13.1 Å². The Kier molecular flexibility index (Phi) is 3.94. The highest BCUT2D eigenvalue weighted by Crippen LogP contribution is 2.32. The number of amides is 1. The van der Waals surface area contributed by atoms with Crippen molar-refractivity contribution in [1.82, 2.24) is 9.62 Å². The van der Waals surface area contributed by atoms with E-state index in [1.54, 1.807) is 0 Å². The van der Waals surface area contributed by atoms with Crippen LogP contribution >= 0.6 is 0 Å². The maximum Gasteiger partial charge on any atom is 0.240 e. The minimum Gasteiger partial charge on any atom is -0.339 e. The molecule has 1 saturated carbocycles. The number of hydrogen-bond acceptors (Lipinski definition) is 3. The first-order chi connectivity index (χ1) is 10.4. The Hall–Kier alpha value is -1.47. The van der Waals surface area contributed by atoms with Crippen LogP contribution in [-0.2, 0) is 14.8 Å². The van der Waals surface area contributed by atoms with Crippen molar-refractivity contribution < 1.29 is 17.6 Å². The van der Waals surface area contributed by atoms with E-state index in [1.165, 1.54) is 19.1 Å². The predicted octanol–water partition coefficient (Wildman–Crippen LogP) is 1.42. The summed E-state index contributed by atoms with van der Waals surface area (Å²) in [6.07, 6.45) is 2.50. The van der Waals surface area contributed by atoms with Crippen molar-refractivity contribution in [3.8, 4) is 0 Å². The fourth-order valence-corrected chi connectivity index (χ4v) is 3.98. The fourth-order valence-electron chi connectivity index (χ4n) is 2.78. The summed E-state index contributed by atoms with van der Waals surface area (Å²) < 4.78 is 40.2. The van der Waals surface area contributed by atoms with Gasteiger partial charge in [0.15, 0.2) is 0 Å². The second-order valence-electron chi connectivity index (χ2n) is 6.11. The molecule has 1 unspecified atom stereocenters. The molecule has 1 atom stereocenters. The predicted molar refractivity (Wildman–Crippen MR) is 79.2 cm³/mol. The number of nitrogens with one attached hydrogen (secondary N) is 1. The smallest absolute Gasteiger partial charge is 0.240 e. The van der Waals surface area contributed by atoms with Crippen molar-refractivity contribution in [3.63, 3.8) is 0 Å². The Morgan fingerprint density at radius 3 is 2.73 bits per heavy atom. The maximum atomic E-state index is 13.2. The van der Waals surface area contributed by atoms with Crippen LogP contribution < -0.4 is 4.72 Å². The Morgan fingerprint density at radius 1 is 1.36 bits per heavy atom. The third-order valence-electron chi connectivity index (χ3n) is 4.23. The molecule has 0 spiro atoms. The van der Waals surface area contributed by atoms with E-state index in [-0.39, 0.29) is 23.3 Å². The average Bonchev–Trinajstić information content (AvgIpc) is 3.23. The molecular formula is C15H19FN2O3S. The molecule has 7 heteroatoms. The van der Waals surface area contributed by atoms with Gasteiger partial charge in [-0.15, -0.1) is 0 Å². The summed E-state index contributed by atoms with van der Waals surface area (Å²) in [6, 6.07) is 4.08. The highest BCUT2D eigenvalue weighted by Gasteiger charge is 2.39. The molecule has 0 radical (unpaired) electrons. The molecule has 1 aliphatic heterocycles. The second kappa shape index (κ2) is 5.62. The largest absolute Gasteiger partial charge is 0.339 e. The Balaban J connectivity index is 1.62. The van der Waals surface area contributed by atoms with E-state index >= 15 is 0 Å². The van der Waals surface area contributed by atoms with Crippen LogP contribution in [0.1, 0.15) is 24.8 Å². The number of nitrogens with zero attached hydrogens (tertiary/aromatic N) is 1. The van der Waals surface area contributed by atoms with Gasteiger partial charge in [0.2, 0.25) is 15.9 Å². The standard InChI is InChI=1S/C15H19FN2O3S/c1-10-6-13(4-5-14(10)16)22(20,21)17-8-11-7-15(19)18(9-11)12-2-3-12/h4-6,11-12,17H,2-3,7-9H2,1H3. The monoisotopic (exact) mass is 326 g/mol. The first kappa shape index (κ1) is 15.4. The lowest BCUT2D eigenvalue weighted by Crippen LogP contribution is -2.32. The van der Waals surface area contributed by atoms with Crippen LogP contribution in [0.25, 0.3) is 0 Å². The molecule has 120 valence electrons. The lowest BCUT2D eigenvalue weighted by atomic mass is 10.1. The van der Waals surface area contributed by atoms with E-state index in [4.69, 9.17) is 0 Å². The second-order valence-corrected chi connectivity index (χ2v) is 7.88. The molecular weight excluding hydrogens is 307 g/mol. The lowest BCUT2D eigenvalue weighted by Gasteiger charge is -2.15. The summed E-state index contributed by atoms with van der Waals surface area (Å²) in [7, 11) is -3.67. The van der Waals surface area contributed by atoms with Gasteiger partial charge in [-0.05, 0) is 49.4 Å². The highest BCUT2D eigenvalue weighted by molar-refractivity contribution is 7.89. The third-order valence-corrected chi connectivity index (χ3v) is 5.65. The van der Waals surface area contributed by atoms with Gasteiger partial charge in [0, 0.05) is 25.6 Å². The van der Waals surface area contributed by atoms with E-state index < -0.39 is 15.8 Å². The third kappa shape index (κ3) is 3.15. The number of benzene rings is 1. The van der Waals surface area contributed by atoms with Crippen molar-refractivity contribution in [1.29, 1.82) is 0 Å². The van der Waals surface area contributed by atoms with Crippen LogP contribution in [0.15, 0.2) is 23.1 Å². The Morgan fingerprint density at radius 2 is 2.09 bits per heavy atom. The van der Waals surface area contributed by atoms with E-state index in [0.29, 0.717) is 24.6 Å². The van der Waals surface area contributed by atoms with Crippen LogP contribution in [0.4, 0.5) is 4.39 Å². The van der Waals surface area contributed by atoms with E-state index in [2.05, 4.69) is 4.72 Å². The van der Waals surface area contributed by atoms with Crippen LogP contribution in [-0.4, -0.2) is 38.4 Å². The number of sulfonamides is 1. The molecule has 0 aromatic heterocycles. The Bertz CT molecular complexity index is 701. The van der Waals surface area contributed by atoms with Gasteiger partial charge < -0.3 is 4.90 Å². The molecule has 1 saturated heterocycles. The number of likely N-dealkylation sites (tertiary alicyclic amines) is 1. The lowest BCUT2D eigenvalue weighted by molar-refractivity contribution is -0.128. The number of aryl methyl sites for hydroxylation is 1. The normalized spacial score (nSPS) is 22.4. The number of halogens is 1. The molecule has 1 aliphatic carbocycles. The van der Waals surface area contributed by atoms with Crippen LogP contribution in [0.5, 0.6) is 0 Å². The SMILES string of the molecule is Cc1cc(S(=O)(=O)NCC2CC(=O)N(C3CC3)C2)ccc1F. The molecule has 2 fully saturated rings. The van der Waals surface area contributed by atoms with E-state index in [1.807, 2.05) is 4.90 Å². The Labute approximate surface area is 129 Å². The minimum atomic E-state index is -3.67. The molecule has 0 bridgehead atoms. The van der Waals surface area contributed by atoms with Crippen LogP contribution in [0.2, 0.25) is 0 Å². The zero-order valence-corrected chi connectivity index (χ0v) is 13.2. The summed E-state index contributed by atoms with van der Waals surface area (Å²) in [5.74, 6) is -0.311. The van der Waals surface area contributed by atoms with E-state index in [0.717, 1.165) is 18.9 Å². The van der Waals surface area contributed by atoms with E-state index in [9.17, 15) is 17.6 Å². The van der Waals surface area contributed by atoms with Gasteiger partial charge in [-0.25, -0.2) is 17.5 Å². The zero-order valence-electron chi connectivity index (χ0n) is 12.4. The topological polar surface area (TPSA) is 66.5 Å². The van der Waals surface area contributed by atoms with Crippen molar-refractivity contribution in [2.24, 2.45) is 5.92 Å². The molecule has 3 rings (SSSR count). The summed E-state index contributed by atoms with van der Waals surface area (Å²) >= 11 is 0. The fraction of sp³-hybridized carbons (Fsp3) is 0.533. The van der Waals surface area contributed by atoms with Gasteiger partial charge in [-0.3, -0.25) is 4.79 Å². The first-order valence-corrected chi connectivity index (χ1v) is 8.90. The van der Waals surface area contributed by atoms with Crippen LogP contribution in [0, 0.1) is 18.7 Å². The minimum absolute atomic E-state index is 0.00409. The van der Waals surface area contributed by atoms with Gasteiger partial charge in [0.1, 0.15) is 5.82 Å². The molecule has 22 heavy (non-hydrogen) atoms. The van der Waals surface area contributed by atoms with Gasteiger partial charge in [-0.1, -0.05) is 0 Å². The molecule has 1 amide bonds.